The lowest BCUT2D eigenvalue weighted by Gasteiger charge is -2.30. The van der Waals surface area contributed by atoms with Gasteiger partial charge in [-0.25, -0.2) is 14.8 Å². The molecule has 1 N–H and O–H groups in total. The molecule has 0 saturated heterocycles. The number of esters is 1. The minimum atomic E-state index is -1.90. The van der Waals surface area contributed by atoms with Gasteiger partial charge >= 0.3 is 5.97 Å². The Labute approximate surface area is 147 Å². The van der Waals surface area contributed by atoms with Gasteiger partial charge in [-0.2, -0.15) is 0 Å². The summed E-state index contributed by atoms with van der Waals surface area (Å²) >= 11 is 0. The highest BCUT2D eigenvalue weighted by Crippen LogP contribution is 2.36. The van der Waals surface area contributed by atoms with E-state index < -0.39 is 11.6 Å². The lowest BCUT2D eigenvalue weighted by molar-refractivity contribution is -0.172. The van der Waals surface area contributed by atoms with Crippen molar-refractivity contribution in [2.75, 3.05) is 0 Å². The van der Waals surface area contributed by atoms with Gasteiger partial charge in [-0.05, 0) is 18.6 Å². The van der Waals surface area contributed by atoms with E-state index in [1.54, 1.807) is 6.92 Å². The molecule has 26 heavy (non-hydrogen) atoms. The van der Waals surface area contributed by atoms with Crippen LogP contribution in [0.3, 0.4) is 0 Å². The Kier molecular flexibility index (Phi) is 2.92. The van der Waals surface area contributed by atoms with Gasteiger partial charge in [-0.15, -0.1) is 0 Å². The number of cyclic esters (lactones) is 1. The fraction of sp³-hybridized carbons (Fsp3) is 0.263. The van der Waals surface area contributed by atoms with Crippen molar-refractivity contribution in [3.8, 4) is 11.5 Å². The van der Waals surface area contributed by atoms with E-state index in [0.717, 1.165) is 16.5 Å². The monoisotopic (exact) mass is 349 g/mol. The third-order valence-corrected chi connectivity index (χ3v) is 5.19. The second kappa shape index (κ2) is 4.98. The normalized spacial score (nSPS) is 20.5. The summed E-state index contributed by atoms with van der Waals surface area (Å²) in [4.78, 5) is 34.3. The van der Waals surface area contributed by atoms with Crippen LogP contribution in [0.1, 0.15) is 30.2 Å². The predicted octanol–water partition coefficient (Wildman–Crippen LogP) is 1.47. The fourth-order valence-corrected chi connectivity index (χ4v) is 3.70. The van der Waals surface area contributed by atoms with Gasteiger partial charge in [-0.1, -0.05) is 25.1 Å². The Morgan fingerprint density at radius 3 is 2.88 bits per heavy atom. The number of aliphatic hydroxyl groups is 1. The lowest BCUT2D eigenvalue weighted by Crippen LogP contribution is -2.45. The SMILES string of the molecule is CCC1(O)C(=O)OCc2c1nc1n(c2=O)Cc2cc3ccccc3nc2-1. The summed E-state index contributed by atoms with van der Waals surface area (Å²) in [6, 6.07) is 9.70. The Bertz CT molecular complexity index is 1170. The topological polar surface area (TPSA) is 94.3 Å². The van der Waals surface area contributed by atoms with Crippen molar-refractivity contribution in [1.29, 1.82) is 0 Å². The van der Waals surface area contributed by atoms with Crippen molar-refractivity contribution in [2.45, 2.75) is 32.1 Å². The summed E-state index contributed by atoms with van der Waals surface area (Å²) in [5, 5.41) is 11.8. The molecule has 0 spiro atoms. The highest BCUT2D eigenvalue weighted by molar-refractivity contribution is 5.84. The number of para-hydroxylation sites is 1. The van der Waals surface area contributed by atoms with Crippen molar-refractivity contribution >= 4 is 16.9 Å². The van der Waals surface area contributed by atoms with E-state index in [1.165, 1.54) is 4.57 Å². The molecule has 0 bridgehead atoms. The molecule has 1 atom stereocenters. The number of nitrogens with zero attached hydrogens (tertiary/aromatic N) is 3. The molecular weight excluding hydrogens is 334 g/mol. The standard InChI is InChI=1S/C19H15N3O4/c1-2-19(25)15-12(9-26-18(19)24)17(23)22-8-11-7-10-5-3-4-6-13(10)20-14(11)16(22)21-15/h3-7,25H,2,8-9H2,1H3. The number of aromatic nitrogens is 3. The smallest absolute Gasteiger partial charge is 0.344 e. The molecule has 3 aromatic rings. The summed E-state index contributed by atoms with van der Waals surface area (Å²) < 4.78 is 6.57. The second-order valence-corrected chi connectivity index (χ2v) is 6.63. The van der Waals surface area contributed by atoms with E-state index in [4.69, 9.17) is 4.74 Å². The Morgan fingerprint density at radius 1 is 1.27 bits per heavy atom. The highest BCUT2D eigenvalue weighted by Gasteiger charge is 2.46. The number of hydrogen-bond donors (Lipinski definition) is 1. The van der Waals surface area contributed by atoms with E-state index in [2.05, 4.69) is 9.97 Å². The minimum Gasteiger partial charge on any atom is -0.458 e. The number of carbonyl (C=O) groups is 1. The number of rotatable bonds is 1. The Hall–Kier alpha value is -3.06. The van der Waals surface area contributed by atoms with Crippen molar-refractivity contribution in [3.05, 3.63) is 57.5 Å². The molecule has 130 valence electrons. The average molecular weight is 349 g/mol. The van der Waals surface area contributed by atoms with Gasteiger partial charge < -0.3 is 9.84 Å². The zero-order valence-corrected chi connectivity index (χ0v) is 14.0. The van der Waals surface area contributed by atoms with Gasteiger partial charge in [-0.3, -0.25) is 9.36 Å². The maximum atomic E-state index is 13.0. The van der Waals surface area contributed by atoms with Gasteiger partial charge in [0, 0.05) is 10.9 Å². The molecule has 2 aromatic heterocycles. The van der Waals surface area contributed by atoms with Gasteiger partial charge in [0.05, 0.1) is 23.3 Å². The fourth-order valence-electron chi connectivity index (χ4n) is 3.70. The van der Waals surface area contributed by atoms with Crippen molar-refractivity contribution < 1.29 is 14.6 Å². The second-order valence-electron chi connectivity index (χ2n) is 6.63. The summed E-state index contributed by atoms with van der Waals surface area (Å²) in [7, 11) is 0. The van der Waals surface area contributed by atoms with Crippen LogP contribution in [0, 0.1) is 0 Å². The molecule has 1 unspecified atom stereocenters. The van der Waals surface area contributed by atoms with E-state index in [-0.39, 0.29) is 29.8 Å². The number of hydrogen-bond acceptors (Lipinski definition) is 6. The van der Waals surface area contributed by atoms with Crippen LogP contribution in [-0.4, -0.2) is 25.6 Å². The van der Waals surface area contributed by atoms with Crippen LogP contribution in [0.2, 0.25) is 0 Å². The molecule has 0 fully saturated rings. The largest absolute Gasteiger partial charge is 0.458 e. The molecule has 7 heteroatoms. The van der Waals surface area contributed by atoms with Crippen LogP contribution in [0.25, 0.3) is 22.4 Å². The van der Waals surface area contributed by atoms with Crippen LogP contribution >= 0.6 is 0 Å². The van der Waals surface area contributed by atoms with E-state index in [0.29, 0.717) is 18.1 Å². The van der Waals surface area contributed by atoms with Gasteiger partial charge in [0.2, 0.25) is 5.60 Å². The molecule has 7 nitrogen and oxygen atoms in total. The summed E-state index contributed by atoms with van der Waals surface area (Å²) in [5.74, 6) is -0.384. The molecule has 2 aliphatic heterocycles. The minimum absolute atomic E-state index is 0.0761. The number of fused-ring (bicyclic) bond motifs is 5. The zero-order chi connectivity index (χ0) is 18.1. The molecule has 0 aliphatic carbocycles. The van der Waals surface area contributed by atoms with Crippen molar-refractivity contribution in [1.82, 2.24) is 14.5 Å². The number of ether oxygens (including phenoxy) is 1. The molecule has 0 amide bonds. The molecule has 2 aliphatic rings. The third kappa shape index (κ3) is 1.80. The first-order valence-electron chi connectivity index (χ1n) is 8.45. The molecule has 5 rings (SSSR count). The van der Waals surface area contributed by atoms with E-state index in [9.17, 15) is 14.7 Å². The maximum absolute atomic E-state index is 13.0. The predicted molar refractivity (Wildman–Crippen MR) is 92.3 cm³/mol. The van der Waals surface area contributed by atoms with Gasteiger partial charge in [0.15, 0.2) is 5.82 Å². The van der Waals surface area contributed by atoms with Crippen LogP contribution in [0.15, 0.2) is 35.1 Å². The van der Waals surface area contributed by atoms with Crippen LogP contribution < -0.4 is 5.56 Å². The Morgan fingerprint density at radius 2 is 2.08 bits per heavy atom. The van der Waals surface area contributed by atoms with Gasteiger partial charge in [0.1, 0.15) is 12.3 Å². The summed E-state index contributed by atoms with van der Waals surface area (Å²) in [6.45, 7) is 1.84. The number of pyridine rings is 1. The van der Waals surface area contributed by atoms with Crippen LogP contribution in [-0.2, 0) is 28.3 Å². The quantitative estimate of drug-likeness (QED) is 0.523. The van der Waals surface area contributed by atoms with E-state index in [1.807, 2.05) is 30.3 Å². The van der Waals surface area contributed by atoms with Crippen LogP contribution in [0.4, 0.5) is 0 Å². The highest BCUT2D eigenvalue weighted by atomic mass is 16.6. The number of benzene rings is 1. The first kappa shape index (κ1) is 15.2. The molecule has 0 saturated carbocycles. The molecular formula is C19H15N3O4. The van der Waals surface area contributed by atoms with Crippen molar-refractivity contribution in [2.24, 2.45) is 0 Å². The molecule has 0 radical (unpaired) electrons. The molecule has 1 aromatic carbocycles. The van der Waals surface area contributed by atoms with Crippen LogP contribution in [0.5, 0.6) is 0 Å². The van der Waals surface area contributed by atoms with Gasteiger partial charge in [0.25, 0.3) is 5.56 Å². The Balaban J connectivity index is 1.81. The van der Waals surface area contributed by atoms with Crippen molar-refractivity contribution in [3.63, 3.8) is 0 Å². The number of carbonyl (C=O) groups excluding carboxylic acids is 1. The zero-order valence-electron chi connectivity index (χ0n) is 14.0. The first-order valence-corrected chi connectivity index (χ1v) is 8.45. The molecule has 4 heterocycles. The average Bonchev–Trinajstić information content (AvgIpc) is 3.01. The van der Waals surface area contributed by atoms with E-state index >= 15 is 0 Å². The first-order chi connectivity index (χ1) is 12.5. The third-order valence-electron chi connectivity index (χ3n) is 5.19. The summed E-state index contributed by atoms with van der Waals surface area (Å²) in [5.41, 5.74) is 0.430. The maximum Gasteiger partial charge on any atom is 0.344 e. The summed E-state index contributed by atoms with van der Waals surface area (Å²) in [6.07, 6.45) is 0.0761. The lowest BCUT2D eigenvalue weighted by atomic mass is 9.91.